The van der Waals surface area contributed by atoms with Crippen molar-refractivity contribution in [3.8, 4) is 0 Å². The van der Waals surface area contributed by atoms with Crippen LogP contribution in [0, 0.1) is 3.57 Å². The zero-order valence-corrected chi connectivity index (χ0v) is 11.2. The summed E-state index contributed by atoms with van der Waals surface area (Å²) >= 11 is 1.83. The molecule has 16 heavy (non-hydrogen) atoms. The Morgan fingerprint density at radius 2 is 2.06 bits per heavy atom. The normalized spacial score (nSPS) is 11.6. The van der Waals surface area contributed by atoms with Crippen LogP contribution in [0.15, 0.2) is 23.1 Å². The lowest BCUT2D eigenvalue weighted by molar-refractivity contribution is -0.116. The smallest absolute Gasteiger partial charge is 0.300 e. The number of rotatable bonds is 3. The first-order chi connectivity index (χ1) is 7.28. The highest BCUT2D eigenvalue weighted by atomic mass is 127. The Balaban J connectivity index is 3.02. The Morgan fingerprint density at radius 3 is 2.56 bits per heavy atom. The Morgan fingerprint density at radius 1 is 1.44 bits per heavy atom. The molecule has 1 aromatic carbocycles. The molecule has 0 saturated carbocycles. The van der Waals surface area contributed by atoms with E-state index in [0.29, 0.717) is 5.56 Å². The van der Waals surface area contributed by atoms with Crippen molar-refractivity contribution < 1.29 is 18.0 Å². The van der Waals surface area contributed by atoms with Crippen molar-refractivity contribution in [3.05, 3.63) is 27.3 Å². The molecule has 0 bridgehead atoms. The number of Topliss-reactive ketones (excluding diaryl/α,β-unsaturated/α-hetero) is 1. The average molecular weight is 360 g/mol. The monoisotopic (exact) mass is 360 g/mol. The van der Waals surface area contributed by atoms with E-state index in [4.69, 9.17) is 0 Å². The lowest BCUT2D eigenvalue weighted by atomic mass is 10.1. The van der Waals surface area contributed by atoms with E-state index in [9.17, 15) is 18.0 Å². The van der Waals surface area contributed by atoms with Gasteiger partial charge in [0.25, 0.3) is 0 Å². The molecule has 1 nitrogen and oxygen atoms in total. The van der Waals surface area contributed by atoms with Gasteiger partial charge in [-0.2, -0.15) is 13.2 Å². The molecule has 0 radical (unpaired) electrons. The van der Waals surface area contributed by atoms with Gasteiger partial charge in [0.1, 0.15) is 5.78 Å². The first kappa shape index (κ1) is 13.8. The predicted octanol–water partition coefficient (Wildman–Crippen LogP) is 4.03. The Hall–Kier alpha value is -0.240. The van der Waals surface area contributed by atoms with E-state index in [-0.39, 0.29) is 28.9 Å². The van der Waals surface area contributed by atoms with E-state index in [2.05, 4.69) is 0 Å². The van der Waals surface area contributed by atoms with Crippen LogP contribution >= 0.6 is 34.4 Å². The van der Waals surface area contributed by atoms with Crippen LogP contribution < -0.4 is 0 Å². The molecular formula is C10H8F3IOS. The van der Waals surface area contributed by atoms with Gasteiger partial charge in [-0.05, 0) is 65.0 Å². The number of ketones is 1. The van der Waals surface area contributed by atoms with Gasteiger partial charge in [0.2, 0.25) is 0 Å². The lowest BCUT2D eigenvalue weighted by Crippen LogP contribution is -2.04. The zero-order chi connectivity index (χ0) is 12.3. The molecule has 6 heteroatoms. The molecule has 0 unspecified atom stereocenters. The standard InChI is InChI=1S/C10H8F3IOS/c1-6(15)4-7-5-8(14)2-3-9(7)16-10(11,12)13/h2-3,5H,4H2,1H3. The minimum absolute atomic E-state index is 0.0370. The summed E-state index contributed by atoms with van der Waals surface area (Å²) in [5.41, 5.74) is -3.89. The maximum atomic E-state index is 12.2. The molecule has 0 spiro atoms. The first-order valence-corrected chi connectivity index (χ1v) is 6.21. The number of hydrogen-bond donors (Lipinski definition) is 0. The number of benzene rings is 1. The van der Waals surface area contributed by atoms with Gasteiger partial charge in [-0.1, -0.05) is 0 Å². The van der Waals surface area contributed by atoms with Gasteiger partial charge in [0, 0.05) is 14.9 Å². The predicted molar refractivity (Wildman–Crippen MR) is 65.5 cm³/mol. The lowest BCUT2D eigenvalue weighted by Gasteiger charge is -2.10. The van der Waals surface area contributed by atoms with E-state index in [1.165, 1.54) is 13.0 Å². The topological polar surface area (TPSA) is 17.1 Å². The summed E-state index contributed by atoms with van der Waals surface area (Å²) in [7, 11) is 0. The number of carbonyl (C=O) groups is 1. The second-order valence-electron chi connectivity index (χ2n) is 3.18. The van der Waals surface area contributed by atoms with Gasteiger partial charge >= 0.3 is 5.51 Å². The van der Waals surface area contributed by atoms with Crippen LogP contribution in [0.3, 0.4) is 0 Å². The van der Waals surface area contributed by atoms with Crippen molar-refractivity contribution in [1.82, 2.24) is 0 Å². The highest BCUT2D eigenvalue weighted by molar-refractivity contribution is 14.1. The third-order valence-electron chi connectivity index (χ3n) is 1.69. The number of halogens is 4. The van der Waals surface area contributed by atoms with E-state index < -0.39 is 5.51 Å². The van der Waals surface area contributed by atoms with Gasteiger partial charge in [-0.3, -0.25) is 4.79 Å². The molecule has 0 aromatic heterocycles. The van der Waals surface area contributed by atoms with Crippen LogP contribution in [0.2, 0.25) is 0 Å². The second kappa shape index (κ2) is 5.39. The molecule has 0 atom stereocenters. The molecule has 0 heterocycles. The molecule has 0 fully saturated rings. The minimum Gasteiger partial charge on any atom is -0.300 e. The quantitative estimate of drug-likeness (QED) is 0.598. The number of thioether (sulfide) groups is 1. The van der Waals surface area contributed by atoms with Crippen molar-refractivity contribution in [3.63, 3.8) is 0 Å². The third kappa shape index (κ3) is 4.73. The summed E-state index contributed by atoms with van der Waals surface area (Å²) in [6.45, 7) is 1.36. The fraction of sp³-hybridized carbons (Fsp3) is 0.300. The van der Waals surface area contributed by atoms with Crippen LogP contribution in [0.25, 0.3) is 0 Å². The van der Waals surface area contributed by atoms with E-state index in [1.54, 1.807) is 12.1 Å². The van der Waals surface area contributed by atoms with Crippen molar-refractivity contribution >= 4 is 40.1 Å². The summed E-state index contributed by atoms with van der Waals surface area (Å²) in [5, 5.41) is 0. The van der Waals surface area contributed by atoms with Gasteiger partial charge in [-0.25, -0.2) is 0 Å². The van der Waals surface area contributed by atoms with E-state index in [0.717, 1.165) is 3.57 Å². The highest BCUT2D eigenvalue weighted by Crippen LogP contribution is 2.39. The summed E-state index contributed by atoms with van der Waals surface area (Å²) < 4.78 is 37.5. The summed E-state index contributed by atoms with van der Waals surface area (Å²) in [4.78, 5) is 11.0. The molecule has 1 aromatic rings. The molecule has 88 valence electrons. The molecule has 0 N–H and O–H groups in total. The third-order valence-corrected chi connectivity index (χ3v) is 3.21. The maximum Gasteiger partial charge on any atom is 0.446 e. The van der Waals surface area contributed by atoms with Crippen LogP contribution in [0.4, 0.5) is 13.2 Å². The van der Waals surface area contributed by atoms with Gasteiger partial charge in [-0.15, -0.1) is 0 Å². The van der Waals surface area contributed by atoms with Crippen molar-refractivity contribution in [1.29, 1.82) is 0 Å². The Labute approximate surface area is 109 Å². The Bertz CT molecular complexity index is 404. The Kier molecular flexibility index (Phi) is 4.66. The summed E-state index contributed by atoms with van der Waals surface area (Å²) in [6, 6.07) is 4.60. The SMILES string of the molecule is CC(=O)Cc1cc(I)ccc1SC(F)(F)F. The number of hydrogen-bond acceptors (Lipinski definition) is 2. The van der Waals surface area contributed by atoms with Gasteiger partial charge in [0.05, 0.1) is 0 Å². The molecule has 0 amide bonds. The molecule has 0 aliphatic rings. The molecule has 0 aliphatic heterocycles. The molecular weight excluding hydrogens is 352 g/mol. The van der Waals surface area contributed by atoms with Crippen LogP contribution in [-0.4, -0.2) is 11.3 Å². The van der Waals surface area contributed by atoms with E-state index >= 15 is 0 Å². The van der Waals surface area contributed by atoms with Crippen LogP contribution in [-0.2, 0) is 11.2 Å². The number of carbonyl (C=O) groups excluding carboxylic acids is 1. The van der Waals surface area contributed by atoms with Crippen molar-refractivity contribution in [2.45, 2.75) is 23.7 Å². The fourth-order valence-electron chi connectivity index (χ4n) is 1.18. The van der Waals surface area contributed by atoms with Crippen molar-refractivity contribution in [2.24, 2.45) is 0 Å². The maximum absolute atomic E-state index is 12.2. The van der Waals surface area contributed by atoms with Gasteiger partial charge in [0.15, 0.2) is 0 Å². The molecule has 0 aliphatic carbocycles. The average Bonchev–Trinajstić information content (AvgIpc) is 2.06. The van der Waals surface area contributed by atoms with Gasteiger partial charge < -0.3 is 0 Å². The largest absolute Gasteiger partial charge is 0.446 e. The summed E-state index contributed by atoms with van der Waals surface area (Å²) in [5.74, 6) is -0.147. The summed E-state index contributed by atoms with van der Waals surface area (Å²) in [6.07, 6.45) is 0.0370. The second-order valence-corrected chi connectivity index (χ2v) is 5.53. The van der Waals surface area contributed by atoms with E-state index in [1.807, 2.05) is 22.6 Å². The molecule has 0 saturated heterocycles. The zero-order valence-electron chi connectivity index (χ0n) is 8.27. The molecule has 1 rings (SSSR count). The minimum atomic E-state index is -4.32. The van der Waals surface area contributed by atoms with Crippen LogP contribution in [0.1, 0.15) is 12.5 Å². The van der Waals surface area contributed by atoms with Crippen molar-refractivity contribution in [2.75, 3.05) is 0 Å². The first-order valence-electron chi connectivity index (χ1n) is 4.31. The fourth-order valence-corrected chi connectivity index (χ4v) is 2.38. The highest BCUT2D eigenvalue weighted by Gasteiger charge is 2.30. The van der Waals surface area contributed by atoms with Crippen LogP contribution in [0.5, 0.6) is 0 Å². The number of alkyl halides is 3.